The molecule has 0 aromatic carbocycles. The van der Waals surface area contributed by atoms with Crippen molar-refractivity contribution >= 4 is 23.2 Å². The average molecular weight is 227 g/mol. The standard InChI is InChI=1S/C10H13NO3S/c1-7(4-5-9(12)13)11-10(14)8-3-2-6-15-8/h2-3,6-7H,4-5H2,1H3,(H,11,14)(H,12,13)/t7-/m1/s1. The van der Waals surface area contributed by atoms with Crippen molar-refractivity contribution in [3.8, 4) is 0 Å². The largest absolute Gasteiger partial charge is 0.481 e. The highest BCUT2D eigenvalue weighted by atomic mass is 32.1. The summed E-state index contributed by atoms with van der Waals surface area (Å²) >= 11 is 1.37. The Labute approximate surface area is 91.9 Å². The van der Waals surface area contributed by atoms with Gasteiger partial charge in [-0.1, -0.05) is 6.07 Å². The van der Waals surface area contributed by atoms with Gasteiger partial charge in [0, 0.05) is 12.5 Å². The van der Waals surface area contributed by atoms with Gasteiger partial charge in [0.1, 0.15) is 0 Å². The van der Waals surface area contributed by atoms with Crippen LogP contribution in [0.3, 0.4) is 0 Å². The van der Waals surface area contributed by atoms with E-state index in [1.165, 1.54) is 11.3 Å². The second-order valence-electron chi connectivity index (χ2n) is 3.28. The van der Waals surface area contributed by atoms with Crippen LogP contribution in [0.25, 0.3) is 0 Å². The number of carbonyl (C=O) groups excluding carboxylic acids is 1. The minimum atomic E-state index is -0.841. The van der Waals surface area contributed by atoms with Gasteiger partial charge >= 0.3 is 5.97 Å². The molecule has 4 nitrogen and oxygen atoms in total. The summed E-state index contributed by atoms with van der Waals surface area (Å²) in [5.41, 5.74) is 0. The second kappa shape index (κ2) is 5.50. The molecule has 0 radical (unpaired) electrons. The summed E-state index contributed by atoms with van der Waals surface area (Å²) in [6.07, 6.45) is 0.526. The number of aliphatic carboxylic acids is 1. The summed E-state index contributed by atoms with van der Waals surface area (Å²) in [6, 6.07) is 3.43. The lowest BCUT2D eigenvalue weighted by atomic mass is 10.2. The van der Waals surface area contributed by atoms with E-state index in [0.29, 0.717) is 11.3 Å². The molecular weight excluding hydrogens is 214 g/mol. The predicted octanol–water partition coefficient (Wildman–Crippen LogP) is 1.73. The van der Waals surface area contributed by atoms with Crippen LogP contribution in [0.15, 0.2) is 17.5 Å². The first-order valence-corrected chi connectivity index (χ1v) is 5.53. The van der Waals surface area contributed by atoms with Crippen molar-refractivity contribution in [2.24, 2.45) is 0 Å². The molecule has 0 saturated heterocycles. The lowest BCUT2D eigenvalue weighted by molar-refractivity contribution is -0.137. The molecule has 2 N–H and O–H groups in total. The Kier molecular flexibility index (Phi) is 4.30. The predicted molar refractivity (Wildman–Crippen MR) is 58.1 cm³/mol. The van der Waals surface area contributed by atoms with Crippen molar-refractivity contribution in [1.82, 2.24) is 5.32 Å². The maximum Gasteiger partial charge on any atom is 0.303 e. The normalized spacial score (nSPS) is 12.1. The van der Waals surface area contributed by atoms with Gasteiger partial charge in [-0.05, 0) is 24.8 Å². The van der Waals surface area contributed by atoms with E-state index in [2.05, 4.69) is 5.32 Å². The van der Waals surface area contributed by atoms with Gasteiger partial charge in [-0.2, -0.15) is 0 Å². The maximum atomic E-state index is 11.5. The molecule has 82 valence electrons. The minimum absolute atomic E-state index is 0.0753. The van der Waals surface area contributed by atoms with Crippen molar-refractivity contribution in [3.05, 3.63) is 22.4 Å². The van der Waals surface area contributed by atoms with Gasteiger partial charge in [-0.15, -0.1) is 11.3 Å². The molecule has 0 bridgehead atoms. The Morgan fingerprint density at radius 1 is 1.60 bits per heavy atom. The Bertz CT molecular complexity index is 334. The summed E-state index contributed by atoms with van der Waals surface area (Å²) in [4.78, 5) is 22.5. The molecule has 1 aromatic heterocycles. The number of carbonyl (C=O) groups is 2. The Balaban J connectivity index is 2.35. The van der Waals surface area contributed by atoms with Crippen LogP contribution < -0.4 is 5.32 Å². The van der Waals surface area contributed by atoms with E-state index in [9.17, 15) is 9.59 Å². The highest BCUT2D eigenvalue weighted by Crippen LogP contribution is 2.08. The summed E-state index contributed by atoms with van der Waals surface area (Å²) in [5.74, 6) is -0.977. The van der Waals surface area contributed by atoms with E-state index in [4.69, 9.17) is 5.11 Å². The lowest BCUT2D eigenvalue weighted by Crippen LogP contribution is -2.32. The molecule has 0 aliphatic carbocycles. The van der Waals surface area contributed by atoms with Crippen LogP contribution in [0.2, 0.25) is 0 Å². The van der Waals surface area contributed by atoms with E-state index in [1.807, 2.05) is 11.4 Å². The number of nitrogens with one attached hydrogen (secondary N) is 1. The van der Waals surface area contributed by atoms with Gasteiger partial charge in [0.2, 0.25) is 0 Å². The first kappa shape index (κ1) is 11.7. The SMILES string of the molecule is C[C@H](CCC(=O)O)NC(=O)c1cccs1. The van der Waals surface area contributed by atoms with Gasteiger partial charge in [0.05, 0.1) is 4.88 Å². The molecule has 1 rings (SSSR count). The molecule has 1 heterocycles. The number of hydrogen-bond acceptors (Lipinski definition) is 3. The fourth-order valence-electron chi connectivity index (χ4n) is 1.11. The third kappa shape index (κ3) is 4.12. The molecule has 1 amide bonds. The molecule has 5 heteroatoms. The number of thiophene rings is 1. The fourth-order valence-corrected chi connectivity index (χ4v) is 1.74. The quantitative estimate of drug-likeness (QED) is 0.805. The summed E-state index contributed by atoms with van der Waals surface area (Å²) in [7, 11) is 0. The number of carboxylic acids is 1. The van der Waals surface area contributed by atoms with Gasteiger partial charge < -0.3 is 10.4 Å². The zero-order chi connectivity index (χ0) is 11.3. The van der Waals surface area contributed by atoms with E-state index >= 15 is 0 Å². The zero-order valence-corrected chi connectivity index (χ0v) is 9.21. The topological polar surface area (TPSA) is 66.4 Å². The molecule has 0 saturated carbocycles. The highest BCUT2D eigenvalue weighted by molar-refractivity contribution is 7.12. The monoisotopic (exact) mass is 227 g/mol. The highest BCUT2D eigenvalue weighted by Gasteiger charge is 2.11. The van der Waals surface area contributed by atoms with Crippen molar-refractivity contribution in [1.29, 1.82) is 0 Å². The van der Waals surface area contributed by atoms with Crippen molar-refractivity contribution in [2.45, 2.75) is 25.8 Å². The van der Waals surface area contributed by atoms with E-state index in [1.54, 1.807) is 13.0 Å². The first-order chi connectivity index (χ1) is 7.09. The van der Waals surface area contributed by atoms with Crippen LogP contribution in [-0.4, -0.2) is 23.0 Å². The van der Waals surface area contributed by atoms with Crippen molar-refractivity contribution in [3.63, 3.8) is 0 Å². The molecule has 0 spiro atoms. The first-order valence-electron chi connectivity index (χ1n) is 4.65. The Morgan fingerprint density at radius 2 is 2.33 bits per heavy atom. The number of carboxylic acid groups (broad SMARTS) is 1. The van der Waals surface area contributed by atoms with Crippen molar-refractivity contribution < 1.29 is 14.7 Å². The van der Waals surface area contributed by atoms with E-state index in [0.717, 1.165) is 0 Å². The molecule has 0 aliphatic heterocycles. The van der Waals surface area contributed by atoms with E-state index in [-0.39, 0.29) is 18.4 Å². The molecule has 1 aromatic rings. The summed E-state index contributed by atoms with van der Waals surface area (Å²) in [5, 5.41) is 13.0. The summed E-state index contributed by atoms with van der Waals surface area (Å²) < 4.78 is 0. The number of amides is 1. The Hall–Kier alpha value is -1.36. The van der Waals surface area contributed by atoms with Crippen LogP contribution in [0.4, 0.5) is 0 Å². The third-order valence-corrected chi connectivity index (χ3v) is 2.78. The fraction of sp³-hybridized carbons (Fsp3) is 0.400. The van der Waals surface area contributed by atoms with Gasteiger partial charge in [0.15, 0.2) is 0 Å². The summed E-state index contributed by atoms with van der Waals surface area (Å²) in [6.45, 7) is 1.80. The number of hydrogen-bond donors (Lipinski definition) is 2. The van der Waals surface area contributed by atoms with Gasteiger partial charge in [-0.25, -0.2) is 0 Å². The van der Waals surface area contributed by atoms with Crippen LogP contribution in [-0.2, 0) is 4.79 Å². The molecule has 0 unspecified atom stereocenters. The van der Waals surface area contributed by atoms with Crippen LogP contribution in [0.5, 0.6) is 0 Å². The number of rotatable bonds is 5. The van der Waals surface area contributed by atoms with Gasteiger partial charge in [-0.3, -0.25) is 9.59 Å². The molecule has 15 heavy (non-hydrogen) atoms. The maximum absolute atomic E-state index is 11.5. The van der Waals surface area contributed by atoms with Crippen LogP contribution >= 0.6 is 11.3 Å². The molecule has 0 fully saturated rings. The molecule has 1 atom stereocenters. The van der Waals surface area contributed by atoms with Crippen molar-refractivity contribution in [2.75, 3.05) is 0 Å². The van der Waals surface area contributed by atoms with Crippen LogP contribution in [0, 0.1) is 0 Å². The van der Waals surface area contributed by atoms with Crippen LogP contribution in [0.1, 0.15) is 29.4 Å². The minimum Gasteiger partial charge on any atom is -0.481 e. The second-order valence-corrected chi connectivity index (χ2v) is 4.23. The smallest absolute Gasteiger partial charge is 0.303 e. The molecule has 0 aliphatic rings. The molecular formula is C10H13NO3S. The third-order valence-electron chi connectivity index (χ3n) is 1.91. The average Bonchev–Trinajstić information content (AvgIpc) is 2.67. The van der Waals surface area contributed by atoms with E-state index < -0.39 is 5.97 Å². The Morgan fingerprint density at radius 3 is 2.87 bits per heavy atom. The zero-order valence-electron chi connectivity index (χ0n) is 8.40. The van der Waals surface area contributed by atoms with Gasteiger partial charge in [0.25, 0.3) is 5.91 Å². The lowest BCUT2D eigenvalue weighted by Gasteiger charge is -2.11.